The minimum Gasteiger partial charge on any atom is -0.317 e. The molecule has 3 heteroatoms. The Kier molecular flexibility index (Phi) is 4.22. The molecule has 0 aromatic heterocycles. The van der Waals surface area contributed by atoms with Gasteiger partial charge in [0, 0.05) is 38.8 Å². The van der Waals surface area contributed by atoms with E-state index in [-0.39, 0.29) is 0 Å². The molecule has 0 aromatic carbocycles. The lowest BCUT2D eigenvalue weighted by Gasteiger charge is -2.48. The topological polar surface area (TPSA) is 18.5 Å². The van der Waals surface area contributed by atoms with Crippen LogP contribution in [-0.2, 0) is 0 Å². The summed E-state index contributed by atoms with van der Waals surface area (Å²) in [6, 6.07) is 0.895. The maximum absolute atomic E-state index is 3.53. The normalized spacial score (nSPS) is 34.5. The van der Waals surface area contributed by atoms with Crippen LogP contribution in [0.4, 0.5) is 0 Å². The maximum Gasteiger partial charge on any atom is 0.0137 e. The molecule has 1 heterocycles. The molecule has 0 amide bonds. The van der Waals surface area contributed by atoms with Gasteiger partial charge >= 0.3 is 0 Å². The number of nitrogens with one attached hydrogen (secondary N) is 1. The third-order valence-electron chi connectivity index (χ3n) is 5.12. The van der Waals surface area contributed by atoms with Gasteiger partial charge in [-0.25, -0.2) is 0 Å². The average Bonchev–Trinajstić information content (AvgIpc) is 3.15. The highest BCUT2D eigenvalue weighted by Crippen LogP contribution is 2.33. The molecule has 2 unspecified atom stereocenters. The summed E-state index contributed by atoms with van der Waals surface area (Å²) >= 11 is 0. The third kappa shape index (κ3) is 3.06. The van der Waals surface area contributed by atoms with Gasteiger partial charge in [-0.2, -0.15) is 0 Å². The smallest absolute Gasteiger partial charge is 0.0137 e. The lowest BCUT2D eigenvalue weighted by molar-refractivity contribution is 0.0202. The minimum absolute atomic E-state index is 0.895. The highest BCUT2D eigenvalue weighted by Gasteiger charge is 2.36. The van der Waals surface area contributed by atoms with Crippen LogP contribution in [0.15, 0.2) is 0 Å². The van der Waals surface area contributed by atoms with Crippen LogP contribution >= 0.6 is 0 Å². The first-order valence-electron chi connectivity index (χ1n) is 8.04. The van der Waals surface area contributed by atoms with Crippen LogP contribution in [0.1, 0.15) is 32.6 Å². The molecule has 0 radical (unpaired) electrons. The lowest BCUT2D eigenvalue weighted by Crippen LogP contribution is -2.57. The average molecular weight is 251 g/mol. The Morgan fingerprint density at radius 1 is 1.00 bits per heavy atom. The summed E-state index contributed by atoms with van der Waals surface area (Å²) in [6.07, 6.45) is 5.87. The van der Waals surface area contributed by atoms with Crippen molar-refractivity contribution < 1.29 is 0 Å². The zero-order valence-electron chi connectivity index (χ0n) is 11.9. The zero-order chi connectivity index (χ0) is 12.4. The summed E-state index contributed by atoms with van der Waals surface area (Å²) in [5.41, 5.74) is 0. The van der Waals surface area contributed by atoms with E-state index >= 15 is 0 Å². The fourth-order valence-electron chi connectivity index (χ4n) is 3.54. The number of hydrogen-bond donors (Lipinski definition) is 1. The first kappa shape index (κ1) is 12.9. The Labute approximate surface area is 112 Å². The Bertz CT molecular complexity index is 256. The van der Waals surface area contributed by atoms with E-state index in [0.29, 0.717) is 0 Å². The molecular formula is C15H29N3. The van der Waals surface area contributed by atoms with E-state index in [0.717, 1.165) is 24.4 Å². The molecule has 1 saturated heterocycles. The molecule has 3 aliphatic rings. The molecule has 3 rings (SSSR count). The van der Waals surface area contributed by atoms with Crippen molar-refractivity contribution in [2.24, 2.45) is 11.8 Å². The number of piperazine rings is 1. The van der Waals surface area contributed by atoms with Gasteiger partial charge in [0.2, 0.25) is 0 Å². The van der Waals surface area contributed by atoms with E-state index in [1.165, 1.54) is 65.0 Å². The molecule has 104 valence electrons. The molecule has 1 aliphatic heterocycles. The van der Waals surface area contributed by atoms with E-state index in [4.69, 9.17) is 0 Å². The molecule has 18 heavy (non-hydrogen) atoms. The summed E-state index contributed by atoms with van der Waals surface area (Å²) in [6.45, 7) is 11.2. The lowest BCUT2D eigenvalue weighted by atomic mass is 9.78. The Hall–Kier alpha value is -0.120. The van der Waals surface area contributed by atoms with Gasteiger partial charge in [-0.3, -0.25) is 4.90 Å². The predicted octanol–water partition coefficient (Wildman–Crippen LogP) is 1.40. The molecule has 3 nitrogen and oxygen atoms in total. The van der Waals surface area contributed by atoms with Crippen LogP contribution in [0.2, 0.25) is 0 Å². The number of nitrogens with zero attached hydrogens (tertiary/aromatic N) is 2. The fourth-order valence-corrected chi connectivity index (χ4v) is 3.54. The summed E-state index contributed by atoms with van der Waals surface area (Å²) in [5, 5.41) is 3.53. The zero-order valence-corrected chi connectivity index (χ0v) is 11.9. The van der Waals surface area contributed by atoms with Gasteiger partial charge in [-0.15, -0.1) is 0 Å². The molecule has 2 atom stereocenters. The molecular weight excluding hydrogens is 222 g/mol. The van der Waals surface area contributed by atoms with Crippen LogP contribution in [0, 0.1) is 11.8 Å². The van der Waals surface area contributed by atoms with Gasteiger partial charge < -0.3 is 10.2 Å². The molecule has 0 aromatic rings. The van der Waals surface area contributed by atoms with Crippen LogP contribution in [0.25, 0.3) is 0 Å². The standard InChI is InChI=1S/C15H29N3/c1-2-16-11-14-5-6-15(14)18-9-7-17(8-10-18)12-13-3-4-13/h13-16H,2-12H2,1H3. The third-order valence-corrected chi connectivity index (χ3v) is 5.12. The monoisotopic (exact) mass is 251 g/mol. The Morgan fingerprint density at radius 3 is 2.33 bits per heavy atom. The van der Waals surface area contributed by atoms with Crippen molar-refractivity contribution in [3.05, 3.63) is 0 Å². The minimum atomic E-state index is 0.895. The van der Waals surface area contributed by atoms with Crippen LogP contribution in [0.3, 0.4) is 0 Å². The number of rotatable bonds is 6. The molecule has 1 N–H and O–H groups in total. The highest BCUT2D eigenvalue weighted by molar-refractivity contribution is 4.92. The van der Waals surface area contributed by atoms with Crippen molar-refractivity contribution in [3.63, 3.8) is 0 Å². The van der Waals surface area contributed by atoms with Crippen molar-refractivity contribution in [3.8, 4) is 0 Å². The van der Waals surface area contributed by atoms with Crippen molar-refractivity contribution in [1.82, 2.24) is 15.1 Å². The van der Waals surface area contributed by atoms with E-state index in [2.05, 4.69) is 22.0 Å². The van der Waals surface area contributed by atoms with Gasteiger partial charge in [0.25, 0.3) is 0 Å². The number of hydrogen-bond acceptors (Lipinski definition) is 3. The molecule has 0 spiro atoms. The molecule has 2 saturated carbocycles. The first-order chi connectivity index (χ1) is 8.86. The van der Waals surface area contributed by atoms with E-state index in [1.807, 2.05) is 0 Å². The second-order valence-electron chi connectivity index (χ2n) is 6.49. The van der Waals surface area contributed by atoms with Gasteiger partial charge in [0.1, 0.15) is 0 Å². The molecule has 3 fully saturated rings. The van der Waals surface area contributed by atoms with Gasteiger partial charge in [-0.05, 0) is 50.6 Å². The summed E-state index contributed by atoms with van der Waals surface area (Å²) in [7, 11) is 0. The second kappa shape index (κ2) is 5.89. The first-order valence-corrected chi connectivity index (χ1v) is 8.04. The Balaban J connectivity index is 1.38. The van der Waals surface area contributed by atoms with Crippen LogP contribution in [0.5, 0.6) is 0 Å². The van der Waals surface area contributed by atoms with Gasteiger partial charge in [-0.1, -0.05) is 6.92 Å². The van der Waals surface area contributed by atoms with Gasteiger partial charge in [0.05, 0.1) is 0 Å². The van der Waals surface area contributed by atoms with E-state index in [1.54, 1.807) is 0 Å². The molecule has 0 bridgehead atoms. The highest BCUT2D eigenvalue weighted by atomic mass is 15.3. The Morgan fingerprint density at radius 2 is 1.78 bits per heavy atom. The fraction of sp³-hybridized carbons (Fsp3) is 1.00. The van der Waals surface area contributed by atoms with Crippen molar-refractivity contribution in [1.29, 1.82) is 0 Å². The van der Waals surface area contributed by atoms with Crippen molar-refractivity contribution in [2.45, 2.75) is 38.6 Å². The summed E-state index contributed by atoms with van der Waals surface area (Å²) < 4.78 is 0. The molecule has 2 aliphatic carbocycles. The van der Waals surface area contributed by atoms with Crippen molar-refractivity contribution >= 4 is 0 Å². The van der Waals surface area contributed by atoms with E-state index in [9.17, 15) is 0 Å². The second-order valence-corrected chi connectivity index (χ2v) is 6.49. The largest absolute Gasteiger partial charge is 0.317 e. The SMILES string of the molecule is CCNCC1CCC1N1CCN(CC2CC2)CC1. The summed E-state index contributed by atoms with van der Waals surface area (Å²) in [4.78, 5) is 5.47. The van der Waals surface area contributed by atoms with Crippen molar-refractivity contribution in [2.75, 3.05) is 45.8 Å². The summed E-state index contributed by atoms with van der Waals surface area (Å²) in [5.74, 6) is 1.99. The van der Waals surface area contributed by atoms with E-state index < -0.39 is 0 Å². The maximum atomic E-state index is 3.53. The quantitative estimate of drug-likeness (QED) is 0.770. The van der Waals surface area contributed by atoms with Crippen LogP contribution < -0.4 is 5.32 Å². The van der Waals surface area contributed by atoms with Gasteiger partial charge in [0.15, 0.2) is 0 Å². The van der Waals surface area contributed by atoms with Crippen LogP contribution in [-0.4, -0.2) is 61.7 Å². The predicted molar refractivity (Wildman–Crippen MR) is 75.8 cm³/mol.